The fraction of sp³-hybridized carbons (Fsp3) is 0.0769. The third-order valence-electron chi connectivity index (χ3n) is 2.26. The smallest absolute Gasteiger partial charge is 0.0545 e. The average molecular weight is 250 g/mol. The average Bonchev–Trinajstić information content (AvgIpc) is 2.25. The molecular weight excluding hydrogens is 238 g/mol. The fourth-order valence-corrected chi connectivity index (χ4v) is 2.59. The number of rotatable bonds is 2. The topological polar surface area (TPSA) is 26.0 Å². The number of nitrogens with two attached hydrogens (primary N) is 1. The van der Waals surface area contributed by atoms with Gasteiger partial charge in [0.15, 0.2) is 0 Å². The van der Waals surface area contributed by atoms with Crippen LogP contribution in [-0.2, 0) is 0 Å². The summed E-state index contributed by atoms with van der Waals surface area (Å²) in [6.45, 7) is 2.05. The molecule has 1 nitrogen and oxygen atoms in total. The zero-order valence-corrected chi connectivity index (χ0v) is 10.5. The Balaban J connectivity index is 2.31. The van der Waals surface area contributed by atoms with Crippen molar-refractivity contribution in [2.24, 2.45) is 0 Å². The Morgan fingerprint density at radius 2 is 1.81 bits per heavy atom. The number of benzene rings is 2. The van der Waals surface area contributed by atoms with Crippen molar-refractivity contribution >= 4 is 29.1 Å². The van der Waals surface area contributed by atoms with Crippen LogP contribution in [0.4, 0.5) is 5.69 Å². The molecule has 0 amide bonds. The van der Waals surface area contributed by atoms with Gasteiger partial charge in [0.05, 0.1) is 5.02 Å². The highest BCUT2D eigenvalue weighted by atomic mass is 35.5. The maximum atomic E-state index is 6.11. The second-order valence-corrected chi connectivity index (χ2v) is 5.05. The third-order valence-corrected chi connectivity index (χ3v) is 3.95. The van der Waals surface area contributed by atoms with Gasteiger partial charge < -0.3 is 5.73 Å². The summed E-state index contributed by atoms with van der Waals surface area (Å²) in [4.78, 5) is 2.25. The van der Waals surface area contributed by atoms with Gasteiger partial charge in [-0.05, 0) is 42.8 Å². The zero-order chi connectivity index (χ0) is 11.5. The van der Waals surface area contributed by atoms with Crippen molar-refractivity contribution in [1.82, 2.24) is 0 Å². The van der Waals surface area contributed by atoms with Crippen LogP contribution in [0.5, 0.6) is 0 Å². The van der Waals surface area contributed by atoms with Crippen LogP contribution in [0.2, 0.25) is 5.02 Å². The van der Waals surface area contributed by atoms with Crippen LogP contribution in [0.1, 0.15) is 5.56 Å². The van der Waals surface area contributed by atoms with E-state index in [2.05, 4.69) is 6.92 Å². The first kappa shape index (κ1) is 11.4. The van der Waals surface area contributed by atoms with Crippen molar-refractivity contribution < 1.29 is 0 Å². The van der Waals surface area contributed by atoms with Gasteiger partial charge in [-0.1, -0.05) is 35.5 Å². The quantitative estimate of drug-likeness (QED) is 0.800. The van der Waals surface area contributed by atoms with Crippen LogP contribution in [0, 0.1) is 6.92 Å². The van der Waals surface area contributed by atoms with E-state index in [-0.39, 0.29) is 0 Å². The van der Waals surface area contributed by atoms with Crippen molar-refractivity contribution in [1.29, 1.82) is 0 Å². The lowest BCUT2D eigenvalue weighted by molar-refractivity contribution is 1.29. The lowest BCUT2D eigenvalue weighted by Crippen LogP contribution is -1.87. The summed E-state index contributed by atoms with van der Waals surface area (Å²) in [5.41, 5.74) is 7.68. The van der Waals surface area contributed by atoms with E-state index in [1.807, 2.05) is 42.5 Å². The minimum Gasteiger partial charge on any atom is -0.399 e. The summed E-state index contributed by atoms with van der Waals surface area (Å²) >= 11 is 7.77. The third kappa shape index (κ3) is 2.52. The molecular formula is C13H12ClNS. The van der Waals surface area contributed by atoms with Crippen molar-refractivity contribution in [3.8, 4) is 0 Å². The largest absolute Gasteiger partial charge is 0.399 e. The van der Waals surface area contributed by atoms with Gasteiger partial charge in [-0.15, -0.1) is 0 Å². The summed E-state index contributed by atoms with van der Waals surface area (Å²) in [6, 6.07) is 13.7. The minimum atomic E-state index is 0.781. The number of hydrogen-bond acceptors (Lipinski definition) is 2. The molecule has 82 valence electrons. The van der Waals surface area contributed by atoms with Crippen molar-refractivity contribution in [3.05, 3.63) is 53.1 Å². The predicted molar refractivity (Wildman–Crippen MR) is 71.2 cm³/mol. The maximum Gasteiger partial charge on any atom is 0.0545 e. The van der Waals surface area contributed by atoms with E-state index >= 15 is 0 Å². The van der Waals surface area contributed by atoms with E-state index in [1.165, 1.54) is 10.5 Å². The number of hydrogen-bond donors (Lipinski definition) is 1. The Morgan fingerprint density at radius 3 is 2.50 bits per heavy atom. The molecule has 0 fully saturated rings. The molecule has 0 saturated carbocycles. The Labute approximate surface area is 105 Å². The van der Waals surface area contributed by atoms with Gasteiger partial charge in [0.25, 0.3) is 0 Å². The predicted octanol–water partition coefficient (Wildman–Crippen LogP) is 4.38. The molecule has 0 aliphatic heterocycles. The summed E-state index contributed by atoms with van der Waals surface area (Å²) in [5.74, 6) is 0. The van der Waals surface area contributed by atoms with Gasteiger partial charge >= 0.3 is 0 Å². The van der Waals surface area contributed by atoms with E-state index in [0.29, 0.717) is 0 Å². The number of aryl methyl sites for hydroxylation is 1. The Hall–Kier alpha value is -1.12. The highest BCUT2D eigenvalue weighted by Crippen LogP contribution is 2.35. The summed E-state index contributed by atoms with van der Waals surface area (Å²) in [7, 11) is 0. The summed E-state index contributed by atoms with van der Waals surface area (Å²) < 4.78 is 0. The van der Waals surface area contributed by atoms with Crippen LogP contribution in [-0.4, -0.2) is 0 Å². The van der Waals surface area contributed by atoms with E-state index in [9.17, 15) is 0 Å². The summed E-state index contributed by atoms with van der Waals surface area (Å²) in [6.07, 6.45) is 0. The SMILES string of the molecule is Cc1cc(N)ccc1Sc1ccccc1Cl. The molecule has 0 saturated heterocycles. The van der Waals surface area contributed by atoms with Gasteiger partial charge in [0.1, 0.15) is 0 Å². The van der Waals surface area contributed by atoms with Gasteiger partial charge in [-0.3, -0.25) is 0 Å². The molecule has 0 bridgehead atoms. The van der Waals surface area contributed by atoms with Crippen LogP contribution in [0.3, 0.4) is 0 Å². The number of halogens is 1. The van der Waals surface area contributed by atoms with Gasteiger partial charge in [-0.25, -0.2) is 0 Å². The molecule has 0 heterocycles. The fourth-order valence-electron chi connectivity index (χ4n) is 1.43. The second kappa shape index (κ2) is 4.81. The molecule has 2 aromatic carbocycles. The first-order valence-electron chi connectivity index (χ1n) is 4.95. The normalized spacial score (nSPS) is 10.4. The highest BCUT2D eigenvalue weighted by molar-refractivity contribution is 7.99. The second-order valence-electron chi connectivity index (χ2n) is 3.56. The Bertz CT molecular complexity index is 511. The lowest BCUT2D eigenvalue weighted by Gasteiger charge is -2.07. The Morgan fingerprint density at radius 1 is 1.06 bits per heavy atom. The first-order chi connectivity index (χ1) is 7.66. The van der Waals surface area contributed by atoms with Gasteiger partial charge in [0, 0.05) is 15.5 Å². The van der Waals surface area contributed by atoms with E-state index in [4.69, 9.17) is 17.3 Å². The van der Waals surface area contributed by atoms with Gasteiger partial charge in [0.2, 0.25) is 0 Å². The molecule has 2 rings (SSSR count). The monoisotopic (exact) mass is 249 g/mol. The van der Waals surface area contributed by atoms with Crippen LogP contribution in [0.15, 0.2) is 52.3 Å². The van der Waals surface area contributed by atoms with E-state index < -0.39 is 0 Å². The van der Waals surface area contributed by atoms with E-state index in [1.54, 1.807) is 11.8 Å². The molecule has 0 aliphatic rings. The standard InChI is InChI=1S/C13H12ClNS/c1-9-8-10(15)6-7-12(9)16-13-5-3-2-4-11(13)14/h2-8H,15H2,1H3. The molecule has 0 unspecified atom stereocenters. The van der Waals surface area contributed by atoms with Crippen molar-refractivity contribution in [2.45, 2.75) is 16.7 Å². The van der Waals surface area contributed by atoms with Crippen molar-refractivity contribution in [2.75, 3.05) is 5.73 Å². The molecule has 2 N–H and O–H groups in total. The molecule has 0 spiro atoms. The van der Waals surface area contributed by atoms with Crippen molar-refractivity contribution in [3.63, 3.8) is 0 Å². The molecule has 2 aromatic rings. The molecule has 16 heavy (non-hydrogen) atoms. The van der Waals surface area contributed by atoms with Crippen LogP contribution in [0.25, 0.3) is 0 Å². The molecule has 3 heteroatoms. The molecule has 0 aromatic heterocycles. The van der Waals surface area contributed by atoms with Gasteiger partial charge in [-0.2, -0.15) is 0 Å². The zero-order valence-electron chi connectivity index (χ0n) is 8.91. The lowest BCUT2D eigenvalue weighted by atomic mass is 10.2. The molecule has 0 aliphatic carbocycles. The molecule has 0 atom stereocenters. The van der Waals surface area contributed by atoms with E-state index in [0.717, 1.165) is 15.6 Å². The maximum absolute atomic E-state index is 6.11. The summed E-state index contributed by atoms with van der Waals surface area (Å²) in [5, 5.41) is 0.781. The minimum absolute atomic E-state index is 0.781. The van der Waals surface area contributed by atoms with Crippen LogP contribution >= 0.6 is 23.4 Å². The van der Waals surface area contributed by atoms with Crippen LogP contribution < -0.4 is 5.73 Å². The first-order valence-corrected chi connectivity index (χ1v) is 6.15. The number of anilines is 1. The molecule has 0 radical (unpaired) electrons. The number of nitrogen functional groups attached to an aromatic ring is 1. The Kier molecular flexibility index (Phi) is 3.42. The highest BCUT2D eigenvalue weighted by Gasteiger charge is 2.04.